The van der Waals surface area contributed by atoms with Crippen molar-refractivity contribution in [2.24, 2.45) is 11.8 Å². The summed E-state index contributed by atoms with van der Waals surface area (Å²) in [6.45, 7) is 0. The second-order valence-electron chi connectivity index (χ2n) is 6.06. The van der Waals surface area contributed by atoms with Gasteiger partial charge in [-0.25, -0.2) is 0 Å². The van der Waals surface area contributed by atoms with E-state index in [-0.39, 0.29) is 0 Å². The van der Waals surface area contributed by atoms with Gasteiger partial charge in [0.2, 0.25) is 0 Å². The quantitative estimate of drug-likeness (QED) is 0.766. The first-order chi connectivity index (χ1) is 8.43. The van der Waals surface area contributed by atoms with Crippen LogP contribution < -0.4 is 10.9 Å². The normalized spacial score (nSPS) is 37.4. The predicted molar refractivity (Wildman–Crippen MR) is 72.8 cm³/mol. The molecule has 3 rings (SSSR count). The Balaban J connectivity index is 1.50. The van der Waals surface area contributed by atoms with Crippen LogP contribution in [0, 0.1) is 11.8 Å². The van der Waals surface area contributed by atoms with Crippen molar-refractivity contribution >= 4 is 15.0 Å². The second-order valence-corrected chi connectivity index (χ2v) is 8.76. The molecular formula is C14H26N2Se. The van der Waals surface area contributed by atoms with E-state index < -0.39 is 0 Å². The fourth-order valence-corrected chi connectivity index (χ4v) is 7.03. The molecule has 2 N–H and O–H groups in total. The van der Waals surface area contributed by atoms with E-state index in [1.54, 1.807) is 0 Å². The van der Waals surface area contributed by atoms with Gasteiger partial charge in [0.1, 0.15) is 0 Å². The number of hydrogen-bond donors (Lipinski definition) is 2. The van der Waals surface area contributed by atoms with Crippen molar-refractivity contribution < 1.29 is 0 Å². The standard InChI is InChI=1S/C14H26N2Se/c1-3-7-11(8-4-1)13-15-16-14(17-13)12-9-5-2-6-10-12/h11-16H,1-10H2. The van der Waals surface area contributed by atoms with E-state index in [1.807, 2.05) is 0 Å². The van der Waals surface area contributed by atoms with Crippen molar-refractivity contribution in [3.63, 3.8) is 0 Å². The molecule has 1 heterocycles. The summed E-state index contributed by atoms with van der Waals surface area (Å²) in [5.74, 6) is 1.98. The Hall–Kier alpha value is 0.439. The van der Waals surface area contributed by atoms with Crippen molar-refractivity contribution in [2.75, 3.05) is 0 Å². The van der Waals surface area contributed by atoms with E-state index in [0.717, 1.165) is 36.7 Å². The summed E-state index contributed by atoms with van der Waals surface area (Å²) in [4.78, 5) is 1.68. The maximum atomic E-state index is 3.65. The Kier molecular flexibility index (Phi) is 4.44. The van der Waals surface area contributed by atoms with Gasteiger partial charge in [-0.2, -0.15) is 0 Å². The third-order valence-corrected chi connectivity index (χ3v) is 8.16. The molecule has 0 aromatic carbocycles. The summed E-state index contributed by atoms with van der Waals surface area (Å²) in [5.41, 5.74) is 7.30. The van der Waals surface area contributed by atoms with E-state index in [1.165, 1.54) is 64.2 Å². The van der Waals surface area contributed by atoms with Gasteiger partial charge in [0.05, 0.1) is 0 Å². The summed E-state index contributed by atoms with van der Waals surface area (Å²) < 4.78 is 0. The van der Waals surface area contributed by atoms with Gasteiger partial charge in [0.15, 0.2) is 0 Å². The van der Waals surface area contributed by atoms with Crippen molar-refractivity contribution in [3.05, 3.63) is 0 Å². The fraction of sp³-hybridized carbons (Fsp3) is 1.00. The van der Waals surface area contributed by atoms with E-state index in [4.69, 9.17) is 0 Å². The Morgan fingerprint density at radius 3 is 1.41 bits per heavy atom. The number of nitrogens with one attached hydrogen (secondary N) is 2. The Morgan fingerprint density at radius 1 is 0.588 bits per heavy atom. The van der Waals surface area contributed by atoms with Crippen LogP contribution in [-0.4, -0.2) is 24.8 Å². The van der Waals surface area contributed by atoms with Gasteiger partial charge in [-0.05, 0) is 0 Å². The summed E-state index contributed by atoms with van der Waals surface area (Å²) in [6, 6.07) is 0. The molecule has 1 aliphatic heterocycles. The van der Waals surface area contributed by atoms with E-state index >= 15 is 0 Å². The average molecular weight is 301 g/mol. The Morgan fingerprint density at radius 2 is 1.00 bits per heavy atom. The Labute approximate surface area is 112 Å². The topological polar surface area (TPSA) is 24.1 Å². The van der Waals surface area contributed by atoms with Crippen LogP contribution in [0.15, 0.2) is 0 Å². The van der Waals surface area contributed by atoms with Gasteiger partial charge >= 0.3 is 112 Å². The molecule has 0 bridgehead atoms. The second kappa shape index (κ2) is 6.06. The van der Waals surface area contributed by atoms with Crippen molar-refractivity contribution in [2.45, 2.75) is 74.1 Å². The summed E-state index contributed by atoms with van der Waals surface area (Å²) >= 11 is 0.796. The third kappa shape index (κ3) is 3.07. The summed E-state index contributed by atoms with van der Waals surface area (Å²) in [7, 11) is 0. The molecule has 3 fully saturated rings. The Bertz CT molecular complexity index is 210. The predicted octanol–water partition coefficient (Wildman–Crippen LogP) is 2.61. The average Bonchev–Trinajstić information content (AvgIpc) is 2.90. The van der Waals surface area contributed by atoms with Crippen LogP contribution in [0.25, 0.3) is 0 Å². The molecule has 3 aliphatic rings. The van der Waals surface area contributed by atoms with Gasteiger partial charge in [-0.15, -0.1) is 0 Å². The minimum absolute atomic E-state index is 0.796. The monoisotopic (exact) mass is 302 g/mol. The molecular weight excluding hydrogens is 275 g/mol. The molecule has 0 aromatic rings. The van der Waals surface area contributed by atoms with Crippen LogP contribution in [0.1, 0.15) is 64.2 Å². The number of hydrogen-bond acceptors (Lipinski definition) is 2. The zero-order valence-electron chi connectivity index (χ0n) is 10.8. The fourth-order valence-electron chi connectivity index (χ4n) is 3.72. The summed E-state index contributed by atoms with van der Waals surface area (Å²) in [5, 5.41) is 0. The molecule has 2 nitrogen and oxygen atoms in total. The first-order valence-corrected chi connectivity index (χ1v) is 9.58. The molecule has 2 unspecified atom stereocenters. The first-order valence-electron chi connectivity index (χ1n) is 7.60. The molecule has 98 valence electrons. The van der Waals surface area contributed by atoms with E-state index in [0.29, 0.717) is 0 Å². The number of hydrazine groups is 1. The van der Waals surface area contributed by atoms with Crippen molar-refractivity contribution in [3.8, 4) is 0 Å². The van der Waals surface area contributed by atoms with Crippen molar-refractivity contribution in [1.29, 1.82) is 0 Å². The van der Waals surface area contributed by atoms with Gasteiger partial charge < -0.3 is 0 Å². The zero-order valence-corrected chi connectivity index (χ0v) is 12.5. The zero-order chi connectivity index (χ0) is 11.5. The van der Waals surface area contributed by atoms with E-state index in [9.17, 15) is 0 Å². The van der Waals surface area contributed by atoms with Crippen LogP contribution in [0.4, 0.5) is 0 Å². The van der Waals surface area contributed by atoms with Crippen LogP contribution >= 0.6 is 0 Å². The molecule has 2 aliphatic carbocycles. The van der Waals surface area contributed by atoms with Crippen LogP contribution in [0.5, 0.6) is 0 Å². The summed E-state index contributed by atoms with van der Waals surface area (Å²) in [6.07, 6.45) is 14.8. The molecule has 3 heteroatoms. The van der Waals surface area contributed by atoms with Gasteiger partial charge in [-0.1, -0.05) is 0 Å². The molecule has 1 saturated heterocycles. The van der Waals surface area contributed by atoms with Gasteiger partial charge in [-0.3, -0.25) is 0 Å². The molecule has 2 atom stereocenters. The molecule has 0 spiro atoms. The van der Waals surface area contributed by atoms with Gasteiger partial charge in [0, 0.05) is 0 Å². The molecule has 0 amide bonds. The maximum absolute atomic E-state index is 3.65. The SMILES string of the molecule is C1CCC(C2NNC(C3CCCCC3)[Se]2)CC1. The van der Waals surface area contributed by atoms with E-state index in [2.05, 4.69) is 10.9 Å². The van der Waals surface area contributed by atoms with Crippen LogP contribution in [0.2, 0.25) is 0 Å². The van der Waals surface area contributed by atoms with Crippen LogP contribution in [-0.2, 0) is 0 Å². The molecule has 0 aromatic heterocycles. The van der Waals surface area contributed by atoms with Gasteiger partial charge in [0.25, 0.3) is 0 Å². The minimum atomic E-state index is 0.796. The first kappa shape index (κ1) is 12.5. The molecule has 17 heavy (non-hydrogen) atoms. The number of rotatable bonds is 2. The molecule has 0 radical (unpaired) electrons. The van der Waals surface area contributed by atoms with Crippen molar-refractivity contribution in [1.82, 2.24) is 10.9 Å². The molecule has 2 saturated carbocycles. The third-order valence-electron chi connectivity index (χ3n) is 4.82. The van der Waals surface area contributed by atoms with Crippen LogP contribution in [0.3, 0.4) is 0 Å².